The lowest BCUT2D eigenvalue weighted by Crippen LogP contribution is -2.22. The molecule has 8 heteroatoms. The Hall–Kier alpha value is -2.09. The van der Waals surface area contributed by atoms with Crippen molar-refractivity contribution in [2.24, 2.45) is 0 Å². The van der Waals surface area contributed by atoms with Gasteiger partial charge in [0.15, 0.2) is 5.16 Å². The van der Waals surface area contributed by atoms with Gasteiger partial charge in [-0.25, -0.2) is 4.39 Å². The Morgan fingerprint density at radius 3 is 2.77 bits per heavy atom. The molecule has 1 saturated heterocycles. The van der Waals surface area contributed by atoms with Crippen molar-refractivity contribution >= 4 is 29.3 Å². The fourth-order valence-corrected chi connectivity index (χ4v) is 3.95. The summed E-state index contributed by atoms with van der Waals surface area (Å²) in [5.41, 5.74) is 1.03. The maximum absolute atomic E-state index is 13.6. The van der Waals surface area contributed by atoms with Gasteiger partial charge in [-0.3, -0.25) is 9.36 Å². The number of nitrogens with one attached hydrogen (secondary N) is 1. The molecule has 1 amide bonds. The lowest BCUT2D eigenvalue weighted by molar-refractivity contribution is -0.113. The summed E-state index contributed by atoms with van der Waals surface area (Å²) in [6, 6.07) is 5.16. The molecule has 2 heterocycles. The van der Waals surface area contributed by atoms with Crippen molar-refractivity contribution in [1.29, 1.82) is 0 Å². The number of carbonyl (C=O) groups is 1. The minimum absolute atomic E-state index is 0.175. The van der Waals surface area contributed by atoms with Crippen LogP contribution in [0.4, 0.5) is 16.0 Å². The summed E-state index contributed by atoms with van der Waals surface area (Å²) in [4.78, 5) is 14.5. The number of halogens is 1. The summed E-state index contributed by atoms with van der Waals surface area (Å²) in [6.07, 6.45) is 4.66. The Morgan fingerprint density at radius 1 is 1.31 bits per heavy atom. The highest BCUT2D eigenvalue weighted by Gasteiger charge is 2.32. The van der Waals surface area contributed by atoms with Gasteiger partial charge in [-0.05, 0) is 50.3 Å². The van der Waals surface area contributed by atoms with E-state index in [9.17, 15) is 9.18 Å². The van der Waals surface area contributed by atoms with Crippen molar-refractivity contribution in [3.8, 4) is 0 Å². The first-order valence-electron chi connectivity index (χ1n) is 9.00. The summed E-state index contributed by atoms with van der Waals surface area (Å²) < 4.78 is 15.8. The van der Waals surface area contributed by atoms with Gasteiger partial charge in [0.25, 0.3) is 0 Å². The smallest absolute Gasteiger partial charge is 0.234 e. The van der Waals surface area contributed by atoms with Crippen molar-refractivity contribution in [2.75, 3.05) is 29.1 Å². The Morgan fingerprint density at radius 2 is 2.08 bits per heavy atom. The van der Waals surface area contributed by atoms with Crippen molar-refractivity contribution in [1.82, 2.24) is 14.8 Å². The third-order valence-electron chi connectivity index (χ3n) is 4.74. The molecule has 0 spiro atoms. The molecule has 4 rings (SSSR count). The number of thioether (sulfide) groups is 1. The van der Waals surface area contributed by atoms with E-state index in [0.717, 1.165) is 37.0 Å². The standard InChI is InChI=1S/C18H22FN5OS/c1-12-4-5-13(10-15(12)19)20-16(25)11-26-18-22-21-17(23-8-2-3-9-23)24(18)14-6-7-14/h4-5,10,14H,2-3,6-9,11H2,1H3,(H,20,25). The third-order valence-corrected chi connectivity index (χ3v) is 5.68. The Balaban J connectivity index is 1.41. The van der Waals surface area contributed by atoms with Gasteiger partial charge in [0.05, 0.1) is 5.75 Å². The molecule has 138 valence electrons. The first-order chi connectivity index (χ1) is 12.6. The molecule has 2 aromatic rings. The highest BCUT2D eigenvalue weighted by atomic mass is 32.2. The van der Waals surface area contributed by atoms with Crippen LogP contribution < -0.4 is 10.2 Å². The van der Waals surface area contributed by atoms with Gasteiger partial charge in [-0.1, -0.05) is 17.8 Å². The van der Waals surface area contributed by atoms with Crippen LogP contribution in [0.1, 0.15) is 37.3 Å². The molecule has 6 nitrogen and oxygen atoms in total. The number of benzene rings is 1. The van der Waals surface area contributed by atoms with Crippen molar-refractivity contribution in [2.45, 2.75) is 43.8 Å². The summed E-state index contributed by atoms with van der Waals surface area (Å²) in [5.74, 6) is 0.666. The molecule has 0 unspecified atom stereocenters. The third kappa shape index (κ3) is 3.70. The monoisotopic (exact) mass is 375 g/mol. The number of hydrogen-bond acceptors (Lipinski definition) is 5. The minimum atomic E-state index is -0.320. The minimum Gasteiger partial charge on any atom is -0.341 e. The van der Waals surface area contributed by atoms with Crippen LogP contribution >= 0.6 is 11.8 Å². The molecule has 1 aliphatic heterocycles. The SMILES string of the molecule is Cc1ccc(NC(=O)CSc2nnc(N3CCCC3)n2C2CC2)cc1F. The molecule has 1 aromatic heterocycles. The second-order valence-electron chi connectivity index (χ2n) is 6.88. The summed E-state index contributed by atoms with van der Waals surface area (Å²) in [6.45, 7) is 3.74. The van der Waals surface area contributed by atoms with E-state index in [1.165, 1.54) is 30.7 Å². The van der Waals surface area contributed by atoms with E-state index in [0.29, 0.717) is 17.3 Å². The van der Waals surface area contributed by atoms with Crippen LogP contribution in [0, 0.1) is 12.7 Å². The van der Waals surface area contributed by atoms with E-state index in [2.05, 4.69) is 25.0 Å². The number of carbonyl (C=O) groups excluding carboxylic acids is 1. The van der Waals surface area contributed by atoms with Gasteiger partial charge in [0.1, 0.15) is 5.82 Å². The average Bonchev–Trinajstić information content (AvgIpc) is 3.15. The van der Waals surface area contributed by atoms with E-state index in [1.54, 1.807) is 19.1 Å². The number of hydrogen-bond donors (Lipinski definition) is 1. The zero-order valence-corrected chi connectivity index (χ0v) is 15.6. The quantitative estimate of drug-likeness (QED) is 0.784. The summed E-state index contributed by atoms with van der Waals surface area (Å²) >= 11 is 1.39. The van der Waals surface area contributed by atoms with Gasteiger partial charge in [-0.2, -0.15) is 0 Å². The molecule has 0 bridgehead atoms. The van der Waals surface area contributed by atoms with E-state index < -0.39 is 0 Å². The van der Waals surface area contributed by atoms with Gasteiger partial charge in [-0.15, -0.1) is 10.2 Å². The van der Waals surface area contributed by atoms with Gasteiger partial charge >= 0.3 is 0 Å². The molecule has 26 heavy (non-hydrogen) atoms. The molecule has 1 aromatic carbocycles. The normalized spacial score (nSPS) is 16.9. The fourth-order valence-electron chi connectivity index (χ4n) is 3.15. The molecule has 2 fully saturated rings. The predicted octanol–water partition coefficient (Wildman–Crippen LogP) is 3.39. The van der Waals surface area contributed by atoms with Crippen LogP contribution in [-0.2, 0) is 4.79 Å². The van der Waals surface area contributed by atoms with Crippen LogP contribution in [0.5, 0.6) is 0 Å². The maximum Gasteiger partial charge on any atom is 0.234 e. The zero-order chi connectivity index (χ0) is 18.1. The largest absolute Gasteiger partial charge is 0.341 e. The number of amides is 1. The first kappa shape index (κ1) is 17.3. The van der Waals surface area contributed by atoms with Crippen LogP contribution in [-0.4, -0.2) is 39.5 Å². The average molecular weight is 375 g/mol. The Kier molecular flexibility index (Phi) is 4.84. The number of aryl methyl sites for hydroxylation is 1. The number of anilines is 2. The van der Waals surface area contributed by atoms with Crippen LogP contribution in [0.25, 0.3) is 0 Å². The topological polar surface area (TPSA) is 63.1 Å². The number of nitrogens with zero attached hydrogens (tertiary/aromatic N) is 4. The van der Waals surface area contributed by atoms with Crippen molar-refractivity contribution < 1.29 is 9.18 Å². The number of aromatic nitrogens is 3. The van der Waals surface area contributed by atoms with E-state index >= 15 is 0 Å². The second-order valence-corrected chi connectivity index (χ2v) is 7.82. The molecule has 2 aliphatic rings. The van der Waals surface area contributed by atoms with Crippen LogP contribution in [0.15, 0.2) is 23.4 Å². The summed E-state index contributed by atoms with van der Waals surface area (Å²) in [5, 5.41) is 12.2. The predicted molar refractivity (Wildman–Crippen MR) is 100 cm³/mol. The van der Waals surface area contributed by atoms with Gasteiger partial charge in [0, 0.05) is 24.8 Å². The van der Waals surface area contributed by atoms with Gasteiger partial charge in [0.2, 0.25) is 11.9 Å². The zero-order valence-electron chi connectivity index (χ0n) is 14.7. The molecular weight excluding hydrogens is 353 g/mol. The van der Waals surface area contributed by atoms with E-state index in [-0.39, 0.29) is 17.5 Å². The Bertz CT molecular complexity index is 814. The van der Waals surface area contributed by atoms with Crippen molar-refractivity contribution in [3.05, 3.63) is 29.6 Å². The Labute approximate surface area is 156 Å². The van der Waals surface area contributed by atoms with E-state index in [1.807, 2.05) is 0 Å². The molecule has 0 radical (unpaired) electrons. The lowest BCUT2D eigenvalue weighted by Gasteiger charge is -2.17. The molecule has 1 saturated carbocycles. The maximum atomic E-state index is 13.6. The molecule has 0 atom stereocenters. The second kappa shape index (κ2) is 7.26. The van der Waals surface area contributed by atoms with Crippen LogP contribution in [0.3, 0.4) is 0 Å². The molecule has 1 N–H and O–H groups in total. The highest BCUT2D eigenvalue weighted by molar-refractivity contribution is 7.99. The first-order valence-corrected chi connectivity index (χ1v) is 9.99. The summed E-state index contributed by atoms with van der Waals surface area (Å²) in [7, 11) is 0. The molecular formula is C18H22FN5OS. The fraction of sp³-hybridized carbons (Fsp3) is 0.500. The lowest BCUT2D eigenvalue weighted by atomic mass is 10.2. The van der Waals surface area contributed by atoms with Crippen molar-refractivity contribution in [3.63, 3.8) is 0 Å². The van der Waals surface area contributed by atoms with E-state index in [4.69, 9.17) is 0 Å². The van der Waals surface area contributed by atoms with Crippen LogP contribution in [0.2, 0.25) is 0 Å². The highest BCUT2D eigenvalue weighted by Crippen LogP contribution is 2.41. The number of rotatable bonds is 6. The molecule has 1 aliphatic carbocycles. The van der Waals surface area contributed by atoms with Gasteiger partial charge < -0.3 is 10.2 Å².